The van der Waals surface area contributed by atoms with Crippen molar-refractivity contribution < 1.29 is 4.79 Å². The quantitative estimate of drug-likeness (QED) is 0.731. The van der Waals surface area contributed by atoms with Gasteiger partial charge in [-0.1, -0.05) is 0 Å². The van der Waals surface area contributed by atoms with Crippen LogP contribution in [0.4, 0.5) is 0 Å². The zero-order chi connectivity index (χ0) is 16.5. The Balaban J connectivity index is 1.42. The van der Waals surface area contributed by atoms with Crippen LogP contribution in [0.2, 0.25) is 0 Å². The summed E-state index contributed by atoms with van der Waals surface area (Å²) in [5, 5.41) is 4.49. The van der Waals surface area contributed by atoms with Crippen LogP contribution in [-0.2, 0) is 24.3 Å². The third kappa shape index (κ3) is 2.24. The van der Waals surface area contributed by atoms with Crippen LogP contribution in [0.1, 0.15) is 37.9 Å². The van der Waals surface area contributed by atoms with Crippen LogP contribution < -0.4 is 11.1 Å². The van der Waals surface area contributed by atoms with Gasteiger partial charge in [0.1, 0.15) is 5.82 Å². The smallest absolute Gasteiger partial charge is 0.332 e. The Labute approximate surface area is 139 Å². The van der Waals surface area contributed by atoms with E-state index in [9.17, 15) is 14.4 Å². The van der Waals surface area contributed by atoms with Gasteiger partial charge in [0.25, 0.3) is 0 Å². The third-order valence-electron chi connectivity index (χ3n) is 6.04. The van der Waals surface area contributed by atoms with E-state index in [-0.39, 0.29) is 17.2 Å². The van der Waals surface area contributed by atoms with Gasteiger partial charge in [-0.3, -0.25) is 19.0 Å². The maximum Gasteiger partial charge on any atom is 0.332 e. The van der Waals surface area contributed by atoms with Crippen molar-refractivity contribution in [3.63, 3.8) is 0 Å². The highest BCUT2D eigenvalue weighted by Gasteiger charge is 2.47. The van der Waals surface area contributed by atoms with Crippen LogP contribution in [-0.4, -0.2) is 38.2 Å². The minimum Gasteiger partial charge on any atom is -0.342 e. The lowest BCUT2D eigenvalue weighted by Crippen LogP contribution is -2.43. The van der Waals surface area contributed by atoms with Crippen LogP contribution in [0.25, 0.3) is 0 Å². The predicted octanol–water partition coefficient (Wildman–Crippen LogP) is -0.000200. The van der Waals surface area contributed by atoms with E-state index >= 15 is 0 Å². The summed E-state index contributed by atoms with van der Waals surface area (Å²) in [5.74, 6) is 1.74. The van der Waals surface area contributed by atoms with E-state index in [0.717, 1.165) is 44.5 Å². The van der Waals surface area contributed by atoms with Crippen LogP contribution in [0.15, 0.2) is 9.59 Å². The molecule has 0 unspecified atom stereocenters. The number of carbonyl (C=O) groups is 1. The van der Waals surface area contributed by atoms with Crippen LogP contribution in [0, 0.1) is 17.3 Å². The molecule has 1 aromatic heterocycles. The van der Waals surface area contributed by atoms with Crippen molar-refractivity contribution in [1.82, 2.24) is 19.2 Å². The Morgan fingerprint density at radius 3 is 2.62 bits per heavy atom. The standard InChI is InChI=1S/C17H22N4O3/c22-14(12-3-4-12)19-6-5-17(9-19)7-13-18-21(8-11-1-2-11)16(24)15(23)20(13)10-17/h11-12H,1-10H2/t17-/m0/s1. The molecular formula is C17H22N4O3. The van der Waals surface area contributed by atoms with E-state index in [2.05, 4.69) is 5.10 Å². The zero-order valence-corrected chi connectivity index (χ0v) is 13.7. The van der Waals surface area contributed by atoms with Gasteiger partial charge in [-0.15, -0.1) is 0 Å². The SMILES string of the molecule is O=C(C1CC1)N1CC[C@]2(Cc3nn(CC4CC4)c(=O)c(=O)n3C2)C1. The highest BCUT2D eigenvalue weighted by molar-refractivity contribution is 5.81. The lowest BCUT2D eigenvalue weighted by Gasteiger charge is -2.22. The maximum atomic E-state index is 12.5. The monoisotopic (exact) mass is 330 g/mol. The molecule has 0 radical (unpaired) electrons. The molecule has 7 nitrogen and oxygen atoms in total. The molecule has 2 aliphatic carbocycles. The molecule has 1 saturated heterocycles. The fraction of sp³-hybridized carbons (Fsp3) is 0.765. The summed E-state index contributed by atoms with van der Waals surface area (Å²) < 4.78 is 2.95. The van der Waals surface area contributed by atoms with Crippen molar-refractivity contribution in [1.29, 1.82) is 0 Å². The van der Waals surface area contributed by atoms with E-state index in [1.165, 1.54) is 4.68 Å². The number of amides is 1. The van der Waals surface area contributed by atoms with E-state index in [0.29, 0.717) is 32.0 Å². The first-order valence-electron chi connectivity index (χ1n) is 9.04. The second-order valence-electron chi connectivity index (χ2n) is 8.20. The normalized spacial score (nSPS) is 28.6. The van der Waals surface area contributed by atoms with E-state index in [4.69, 9.17) is 0 Å². The molecule has 1 amide bonds. The van der Waals surface area contributed by atoms with Gasteiger partial charge in [-0.2, -0.15) is 5.10 Å². The highest BCUT2D eigenvalue weighted by atomic mass is 16.2. The lowest BCUT2D eigenvalue weighted by atomic mass is 9.86. The average Bonchev–Trinajstić information content (AvgIpc) is 3.49. The molecule has 1 spiro atoms. The van der Waals surface area contributed by atoms with Crippen molar-refractivity contribution in [2.45, 2.75) is 51.6 Å². The molecule has 2 saturated carbocycles. The Hall–Kier alpha value is -1.92. The van der Waals surface area contributed by atoms with Gasteiger partial charge in [0.15, 0.2) is 0 Å². The van der Waals surface area contributed by atoms with Crippen LogP contribution in [0.3, 0.4) is 0 Å². The van der Waals surface area contributed by atoms with Gasteiger partial charge in [0.2, 0.25) is 5.91 Å². The second kappa shape index (κ2) is 4.80. The molecule has 1 atom stereocenters. The number of fused-ring (bicyclic) bond motifs is 1. The van der Waals surface area contributed by atoms with Crippen LogP contribution in [0.5, 0.6) is 0 Å². The summed E-state index contributed by atoms with van der Waals surface area (Å²) in [7, 11) is 0. The largest absolute Gasteiger partial charge is 0.342 e. The molecule has 3 heterocycles. The summed E-state index contributed by atoms with van der Waals surface area (Å²) in [4.78, 5) is 39.0. The van der Waals surface area contributed by atoms with Crippen molar-refractivity contribution in [3.05, 3.63) is 26.5 Å². The fourth-order valence-electron chi connectivity index (χ4n) is 4.26. The Bertz CT molecular complexity index is 833. The van der Waals surface area contributed by atoms with Gasteiger partial charge in [0, 0.05) is 43.9 Å². The molecule has 5 rings (SSSR count). The minimum absolute atomic E-state index is 0.102. The molecule has 0 N–H and O–H groups in total. The summed E-state index contributed by atoms with van der Waals surface area (Å²) in [5.41, 5.74) is -1.04. The lowest BCUT2D eigenvalue weighted by molar-refractivity contribution is -0.131. The van der Waals surface area contributed by atoms with Crippen molar-refractivity contribution in [3.8, 4) is 0 Å². The maximum absolute atomic E-state index is 12.5. The Morgan fingerprint density at radius 2 is 1.92 bits per heavy atom. The van der Waals surface area contributed by atoms with Crippen molar-refractivity contribution in [2.24, 2.45) is 17.3 Å². The molecule has 24 heavy (non-hydrogen) atoms. The predicted molar refractivity (Wildman–Crippen MR) is 85.5 cm³/mol. The van der Waals surface area contributed by atoms with Gasteiger partial charge < -0.3 is 4.90 Å². The summed E-state index contributed by atoms with van der Waals surface area (Å²) in [6, 6.07) is 0. The van der Waals surface area contributed by atoms with Crippen molar-refractivity contribution in [2.75, 3.05) is 13.1 Å². The van der Waals surface area contributed by atoms with Gasteiger partial charge >= 0.3 is 11.1 Å². The number of aromatic nitrogens is 3. The molecule has 3 fully saturated rings. The van der Waals surface area contributed by atoms with Crippen LogP contribution >= 0.6 is 0 Å². The minimum atomic E-state index is -0.494. The van der Waals surface area contributed by atoms with Gasteiger partial charge in [0.05, 0.1) is 0 Å². The second-order valence-corrected chi connectivity index (χ2v) is 8.20. The Kier molecular flexibility index (Phi) is 2.89. The van der Waals surface area contributed by atoms with E-state index < -0.39 is 11.1 Å². The Morgan fingerprint density at radius 1 is 1.12 bits per heavy atom. The first-order valence-corrected chi connectivity index (χ1v) is 9.04. The molecule has 0 aromatic carbocycles. The van der Waals surface area contributed by atoms with Gasteiger partial charge in [-0.05, 0) is 38.0 Å². The topological polar surface area (TPSA) is 77.2 Å². The summed E-state index contributed by atoms with van der Waals surface area (Å²) in [6.45, 7) is 2.57. The number of rotatable bonds is 3. The average molecular weight is 330 g/mol. The summed E-state index contributed by atoms with van der Waals surface area (Å²) >= 11 is 0. The molecule has 128 valence electrons. The molecule has 7 heteroatoms. The number of hydrogen-bond acceptors (Lipinski definition) is 4. The first-order chi connectivity index (χ1) is 11.5. The highest BCUT2D eigenvalue weighted by Crippen LogP contribution is 2.41. The third-order valence-corrected chi connectivity index (χ3v) is 6.04. The van der Waals surface area contributed by atoms with Crippen molar-refractivity contribution >= 4 is 5.91 Å². The molecule has 1 aromatic rings. The first kappa shape index (κ1) is 14.4. The van der Waals surface area contributed by atoms with E-state index in [1.807, 2.05) is 4.90 Å². The fourth-order valence-corrected chi connectivity index (χ4v) is 4.26. The molecule has 2 aliphatic heterocycles. The molecular weight excluding hydrogens is 308 g/mol. The van der Waals surface area contributed by atoms with Gasteiger partial charge in [-0.25, -0.2) is 4.68 Å². The summed E-state index contributed by atoms with van der Waals surface area (Å²) in [6.07, 6.45) is 5.87. The zero-order valence-electron chi connectivity index (χ0n) is 13.7. The number of carbonyl (C=O) groups excluding carboxylic acids is 1. The molecule has 0 bridgehead atoms. The number of likely N-dealkylation sites (tertiary alicyclic amines) is 1. The van der Waals surface area contributed by atoms with E-state index in [1.54, 1.807) is 4.57 Å². The molecule has 4 aliphatic rings. The number of hydrogen-bond donors (Lipinski definition) is 0. The number of nitrogens with zero attached hydrogens (tertiary/aromatic N) is 4.